The number of fused-ring (bicyclic) bond motifs is 1. The van der Waals surface area contributed by atoms with E-state index in [0.29, 0.717) is 17.8 Å². The second-order valence-electron chi connectivity index (χ2n) is 4.17. The highest BCUT2D eigenvalue weighted by atomic mass is 16.5. The zero-order valence-corrected chi connectivity index (χ0v) is 10.5. The molecule has 0 fully saturated rings. The van der Waals surface area contributed by atoms with E-state index in [1.54, 1.807) is 0 Å². The van der Waals surface area contributed by atoms with Crippen LogP contribution in [-0.4, -0.2) is 28.0 Å². The zero-order chi connectivity index (χ0) is 14.0. The number of hydrogen-bond donors (Lipinski definition) is 1. The first-order valence-corrected chi connectivity index (χ1v) is 5.90. The van der Waals surface area contributed by atoms with Crippen molar-refractivity contribution in [1.82, 2.24) is 4.98 Å². The lowest BCUT2D eigenvalue weighted by Crippen LogP contribution is -2.43. The molecule has 0 saturated heterocycles. The number of carbonyl (C=O) groups excluding carboxylic acids is 2. The quantitative estimate of drug-likeness (QED) is 0.652. The summed E-state index contributed by atoms with van der Waals surface area (Å²) < 4.78 is 4.93. The summed E-state index contributed by atoms with van der Waals surface area (Å²) in [5.41, 5.74) is 0.858. The van der Waals surface area contributed by atoms with Gasteiger partial charge in [0.15, 0.2) is 11.5 Å². The van der Waals surface area contributed by atoms with E-state index in [0.717, 1.165) is 11.1 Å². The molecule has 0 bridgehead atoms. The summed E-state index contributed by atoms with van der Waals surface area (Å²) >= 11 is 0. The van der Waals surface area contributed by atoms with Gasteiger partial charge in [0.1, 0.15) is 6.04 Å². The molecule has 6 heteroatoms. The summed E-state index contributed by atoms with van der Waals surface area (Å²) in [7, 11) is 0. The second-order valence-corrected chi connectivity index (χ2v) is 4.17. The van der Waals surface area contributed by atoms with Crippen molar-refractivity contribution < 1.29 is 19.5 Å². The molecule has 6 nitrogen and oxygen atoms in total. The lowest BCUT2D eigenvalue weighted by Gasteiger charge is -2.31. The summed E-state index contributed by atoms with van der Waals surface area (Å²) in [6.07, 6.45) is 3.04. The molecule has 1 unspecified atom stereocenters. The molecule has 1 aromatic heterocycles. The first kappa shape index (κ1) is 13.2. The molecular formula is C13H14N2O4. The van der Waals surface area contributed by atoms with Crippen molar-refractivity contribution in [3.05, 3.63) is 30.6 Å². The van der Waals surface area contributed by atoms with E-state index in [2.05, 4.69) is 11.6 Å². The van der Waals surface area contributed by atoms with Gasteiger partial charge in [-0.3, -0.25) is 15.0 Å². The topological polar surface area (TPSA) is 79.7 Å². The molecule has 0 radical (unpaired) electrons. The van der Waals surface area contributed by atoms with Crippen LogP contribution in [0.5, 0.6) is 5.75 Å². The number of hydroxylamine groups is 1. The average Bonchev–Trinajstić information content (AvgIpc) is 2.40. The van der Waals surface area contributed by atoms with Crippen molar-refractivity contribution in [2.24, 2.45) is 0 Å². The fraction of sp³-hybridized carbons (Fsp3) is 0.308. The maximum absolute atomic E-state index is 11.8. The van der Waals surface area contributed by atoms with Gasteiger partial charge >= 0.3 is 5.97 Å². The molecule has 100 valence electrons. The number of anilines is 1. The first-order valence-electron chi connectivity index (χ1n) is 5.90. The molecule has 0 aliphatic carbocycles. The van der Waals surface area contributed by atoms with Crippen LogP contribution in [0, 0.1) is 0 Å². The number of ether oxygens (including phenoxy) is 1. The predicted octanol–water partition coefficient (Wildman–Crippen LogP) is 1.27. The number of hydrogen-bond acceptors (Lipinski definition) is 6. The Kier molecular flexibility index (Phi) is 3.62. The van der Waals surface area contributed by atoms with Gasteiger partial charge in [0, 0.05) is 12.1 Å². The van der Waals surface area contributed by atoms with E-state index in [1.165, 1.54) is 12.3 Å². The van der Waals surface area contributed by atoms with Crippen molar-refractivity contribution in [3.63, 3.8) is 0 Å². The van der Waals surface area contributed by atoms with Gasteiger partial charge in [-0.15, -0.1) is 0 Å². The predicted molar refractivity (Wildman–Crippen MR) is 67.1 cm³/mol. The SMILES string of the molecule is C=CC(=O)Oc1cnc2c(c1)N(O)C(CC)C(=O)C2. The molecule has 2 rings (SSSR count). The molecule has 0 spiro atoms. The van der Waals surface area contributed by atoms with Crippen molar-refractivity contribution in [2.75, 3.05) is 5.06 Å². The number of pyridine rings is 1. The molecule has 1 aromatic rings. The molecular weight excluding hydrogens is 248 g/mol. The van der Waals surface area contributed by atoms with Crippen LogP contribution in [0.2, 0.25) is 0 Å². The Labute approximate surface area is 110 Å². The van der Waals surface area contributed by atoms with Gasteiger partial charge in [-0.05, 0) is 6.42 Å². The number of Topliss-reactive ketones (excluding diaryl/α,β-unsaturated/α-hetero) is 1. The van der Waals surface area contributed by atoms with Crippen LogP contribution in [0.3, 0.4) is 0 Å². The zero-order valence-electron chi connectivity index (χ0n) is 10.5. The normalized spacial score (nSPS) is 17.9. The molecule has 1 N–H and O–H groups in total. The molecule has 2 heterocycles. The standard InChI is InChI=1S/C13H14N2O4/c1-3-10-12(16)6-9-11(15(10)18)5-8(7-14-9)19-13(17)4-2/h4-5,7,10,18H,2-3,6H2,1H3. The summed E-state index contributed by atoms with van der Waals surface area (Å²) in [5.74, 6) is -0.488. The van der Waals surface area contributed by atoms with Crippen molar-refractivity contribution in [2.45, 2.75) is 25.8 Å². The Morgan fingerprint density at radius 3 is 3.11 bits per heavy atom. The van der Waals surface area contributed by atoms with Crippen LogP contribution >= 0.6 is 0 Å². The molecule has 0 aromatic carbocycles. The molecule has 0 amide bonds. The summed E-state index contributed by atoms with van der Waals surface area (Å²) in [6.45, 7) is 5.11. The second kappa shape index (κ2) is 5.19. The van der Waals surface area contributed by atoms with E-state index in [1.807, 2.05) is 6.92 Å². The molecule has 0 saturated carbocycles. The highest BCUT2D eigenvalue weighted by molar-refractivity contribution is 5.92. The van der Waals surface area contributed by atoms with Gasteiger partial charge in [-0.25, -0.2) is 9.86 Å². The fourth-order valence-corrected chi connectivity index (χ4v) is 2.00. The maximum atomic E-state index is 11.8. The number of carbonyl (C=O) groups is 2. The van der Waals surface area contributed by atoms with E-state index < -0.39 is 12.0 Å². The van der Waals surface area contributed by atoms with Crippen molar-refractivity contribution >= 4 is 17.4 Å². The molecule has 1 atom stereocenters. The lowest BCUT2D eigenvalue weighted by atomic mass is 9.98. The van der Waals surface area contributed by atoms with Crippen LogP contribution in [0.25, 0.3) is 0 Å². The highest BCUT2D eigenvalue weighted by Gasteiger charge is 2.32. The molecule has 1 aliphatic heterocycles. The minimum Gasteiger partial charge on any atom is -0.422 e. The molecule has 19 heavy (non-hydrogen) atoms. The van der Waals surface area contributed by atoms with E-state index >= 15 is 0 Å². The van der Waals surface area contributed by atoms with E-state index in [-0.39, 0.29) is 18.0 Å². The average molecular weight is 262 g/mol. The Bertz CT molecular complexity index is 541. The van der Waals surface area contributed by atoms with Gasteiger partial charge in [-0.1, -0.05) is 13.5 Å². The van der Waals surface area contributed by atoms with Gasteiger partial charge in [0.05, 0.1) is 24.0 Å². The third kappa shape index (κ3) is 2.48. The lowest BCUT2D eigenvalue weighted by molar-refractivity contribution is -0.129. The van der Waals surface area contributed by atoms with Gasteiger partial charge < -0.3 is 4.74 Å². The number of esters is 1. The highest BCUT2D eigenvalue weighted by Crippen LogP contribution is 2.30. The number of aromatic nitrogens is 1. The maximum Gasteiger partial charge on any atom is 0.335 e. The summed E-state index contributed by atoms with van der Waals surface area (Å²) in [6, 6.07) is 0.901. The van der Waals surface area contributed by atoms with Gasteiger partial charge in [0.2, 0.25) is 0 Å². The Morgan fingerprint density at radius 1 is 1.74 bits per heavy atom. The van der Waals surface area contributed by atoms with Crippen LogP contribution in [0.1, 0.15) is 19.0 Å². The van der Waals surface area contributed by atoms with Crippen LogP contribution in [0.4, 0.5) is 5.69 Å². The monoisotopic (exact) mass is 262 g/mol. The van der Waals surface area contributed by atoms with Crippen molar-refractivity contribution in [3.8, 4) is 5.75 Å². The minimum absolute atomic E-state index is 0.0826. The fourth-order valence-electron chi connectivity index (χ4n) is 2.00. The number of rotatable bonds is 3. The Hall–Kier alpha value is -2.21. The van der Waals surface area contributed by atoms with E-state index in [4.69, 9.17) is 4.74 Å². The number of nitrogens with zero attached hydrogens (tertiary/aromatic N) is 2. The van der Waals surface area contributed by atoms with Crippen molar-refractivity contribution in [1.29, 1.82) is 0 Å². The van der Waals surface area contributed by atoms with Crippen LogP contribution < -0.4 is 9.80 Å². The van der Waals surface area contributed by atoms with Crippen LogP contribution in [0.15, 0.2) is 24.9 Å². The van der Waals surface area contributed by atoms with Gasteiger partial charge in [0.25, 0.3) is 0 Å². The van der Waals surface area contributed by atoms with Crippen LogP contribution in [-0.2, 0) is 16.0 Å². The van der Waals surface area contributed by atoms with E-state index in [9.17, 15) is 14.8 Å². The Morgan fingerprint density at radius 2 is 2.47 bits per heavy atom. The molecule has 1 aliphatic rings. The number of ketones is 1. The Balaban J connectivity index is 2.34. The third-order valence-corrected chi connectivity index (χ3v) is 2.95. The smallest absolute Gasteiger partial charge is 0.335 e. The summed E-state index contributed by atoms with van der Waals surface area (Å²) in [5, 5.41) is 10.9. The third-order valence-electron chi connectivity index (χ3n) is 2.95. The minimum atomic E-state index is -0.606. The first-order chi connectivity index (χ1) is 9.06. The summed E-state index contributed by atoms with van der Waals surface area (Å²) in [4.78, 5) is 26.9. The van der Waals surface area contributed by atoms with Gasteiger partial charge in [-0.2, -0.15) is 0 Å². The largest absolute Gasteiger partial charge is 0.422 e.